The van der Waals surface area contributed by atoms with E-state index in [1.807, 2.05) is 30.9 Å². The van der Waals surface area contributed by atoms with Crippen molar-refractivity contribution in [2.24, 2.45) is 0 Å². The van der Waals surface area contributed by atoms with Crippen LogP contribution in [-0.2, 0) is 9.53 Å². The van der Waals surface area contributed by atoms with E-state index in [-0.39, 0.29) is 29.8 Å². The van der Waals surface area contributed by atoms with Crippen molar-refractivity contribution in [3.63, 3.8) is 0 Å². The molecule has 1 aliphatic heterocycles. The Morgan fingerprint density at radius 2 is 1.92 bits per heavy atom. The average Bonchev–Trinajstić information content (AvgIpc) is 2.58. The monoisotopic (exact) mass is 360 g/mol. The summed E-state index contributed by atoms with van der Waals surface area (Å²) in [6.07, 6.45) is 3.08. The normalized spacial score (nSPS) is 20.5. The first-order valence-corrected chi connectivity index (χ1v) is 8.88. The van der Waals surface area contributed by atoms with E-state index in [2.05, 4.69) is 4.98 Å². The number of amides is 1. The Morgan fingerprint density at radius 3 is 2.64 bits per heavy atom. The quantitative estimate of drug-likeness (QED) is 0.616. The zero-order chi connectivity index (χ0) is 18.0. The van der Waals surface area contributed by atoms with Crippen molar-refractivity contribution in [1.82, 2.24) is 9.88 Å². The molecular formula is C19H21ClN2O3. The second-order valence-electron chi connectivity index (χ2n) is 6.52. The number of likely N-dealkylation sites (tertiary alicyclic amines) is 1. The van der Waals surface area contributed by atoms with E-state index in [4.69, 9.17) is 16.3 Å². The first kappa shape index (κ1) is 17.7. The highest BCUT2D eigenvalue weighted by Gasteiger charge is 2.29. The number of ether oxygens (including phenoxy) is 1. The van der Waals surface area contributed by atoms with Gasteiger partial charge in [-0.05, 0) is 45.2 Å². The topological polar surface area (TPSA) is 59.5 Å². The summed E-state index contributed by atoms with van der Waals surface area (Å²) < 4.78 is 5.29. The first-order valence-electron chi connectivity index (χ1n) is 8.51. The van der Waals surface area contributed by atoms with Gasteiger partial charge in [-0.1, -0.05) is 29.8 Å². The summed E-state index contributed by atoms with van der Waals surface area (Å²) in [6, 6.07) is 9.02. The fourth-order valence-corrected chi connectivity index (χ4v) is 3.70. The molecule has 25 heavy (non-hydrogen) atoms. The highest BCUT2D eigenvalue weighted by molar-refractivity contribution is 6.30. The molecule has 0 unspecified atom stereocenters. The van der Waals surface area contributed by atoms with Crippen molar-refractivity contribution < 1.29 is 14.3 Å². The minimum absolute atomic E-state index is 0.155. The van der Waals surface area contributed by atoms with Gasteiger partial charge in [-0.15, -0.1) is 0 Å². The molecule has 5 nitrogen and oxygen atoms in total. The van der Waals surface area contributed by atoms with Gasteiger partial charge < -0.3 is 9.64 Å². The van der Waals surface area contributed by atoms with Crippen molar-refractivity contribution >= 4 is 34.4 Å². The second-order valence-corrected chi connectivity index (χ2v) is 6.90. The van der Waals surface area contributed by atoms with Crippen LogP contribution in [0.2, 0.25) is 5.15 Å². The third-order valence-electron chi connectivity index (χ3n) is 4.71. The number of hydrogen-bond acceptors (Lipinski definition) is 4. The molecule has 132 valence electrons. The summed E-state index contributed by atoms with van der Waals surface area (Å²) in [7, 11) is 0. The minimum Gasteiger partial charge on any atom is -0.452 e. The number of aromatic nitrogens is 1. The second kappa shape index (κ2) is 7.40. The van der Waals surface area contributed by atoms with Gasteiger partial charge in [0, 0.05) is 17.5 Å². The summed E-state index contributed by atoms with van der Waals surface area (Å²) in [5.74, 6) is -0.719. The van der Waals surface area contributed by atoms with E-state index >= 15 is 0 Å². The highest BCUT2D eigenvalue weighted by atomic mass is 35.5. The molecule has 1 aromatic carbocycles. The molecule has 1 saturated heterocycles. The van der Waals surface area contributed by atoms with Crippen LogP contribution in [0.25, 0.3) is 10.9 Å². The number of piperidine rings is 1. The molecule has 1 fully saturated rings. The minimum atomic E-state index is -0.564. The van der Waals surface area contributed by atoms with Crippen LogP contribution in [0.15, 0.2) is 30.3 Å². The Hall–Kier alpha value is -2.14. The first-order chi connectivity index (χ1) is 12.0. The molecule has 0 bridgehead atoms. The summed E-state index contributed by atoms with van der Waals surface area (Å²) in [5.41, 5.74) is 0.940. The maximum atomic E-state index is 12.5. The summed E-state index contributed by atoms with van der Waals surface area (Å²) in [6.45, 7) is 3.80. The van der Waals surface area contributed by atoms with Gasteiger partial charge in [0.15, 0.2) is 6.61 Å². The standard InChI is InChI=1S/C19H21ClN2O3/c1-12-6-5-7-13(2)22(12)18(23)11-25-19(24)15-10-17(20)21-16-9-4-3-8-14(15)16/h3-4,8-10,12-13H,5-7,11H2,1-2H3/t12-,13-/m1/s1. The Labute approximate surface area is 151 Å². The lowest BCUT2D eigenvalue weighted by molar-refractivity contribution is -0.140. The van der Waals surface area contributed by atoms with E-state index in [1.165, 1.54) is 6.07 Å². The number of hydrogen-bond donors (Lipinski definition) is 0. The van der Waals surface area contributed by atoms with Gasteiger partial charge in [-0.2, -0.15) is 0 Å². The number of esters is 1. The predicted molar refractivity (Wildman–Crippen MR) is 96.7 cm³/mol. The highest BCUT2D eigenvalue weighted by Crippen LogP contribution is 2.24. The van der Waals surface area contributed by atoms with Crippen LogP contribution < -0.4 is 0 Å². The molecule has 6 heteroatoms. The summed E-state index contributed by atoms with van der Waals surface area (Å²) in [4.78, 5) is 31.0. The maximum absolute atomic E-state index is 12.5. The number of carbonyl (C=O) groups is 2. The summed E-state index contributed by atoms with van der Waals surface area (Å²) in [5, 5.41) is 0.874. The number of nitrogens with zero attached hydrogens (tertiary/aromatic N) is 2. The van der Waals surface area contributed by atoms with Gasteiger partial charge in [-0.25, -0.2) is 9.78 Å². The molecule has 0 aliphatic carbocycles. The molecule has 0 spiro atoms. The maximum Gasteiger partial charge on any atom is 0.339 e. The van der Waals surface area contributed by atoms with Crippen LogP contribution in [0, 0.1) is 0 Å². The lowest BCUT2D eigenvalue weighted by atomic mass is 9.97. The van der Waals surface area contributed by atoms with Crippen molar-refractivity contribution in [3.8, 4) is 0 Å². The van der Waals surface area contributed by atoms with Gasteiger partial charge in [-0.3, -0.25) is 4.79 Å². The number of pyridine rings is 1. The number of carbonyl (C=O) groups excluding carboxylic acids is 2. The number of halogens is 1. The van der Waals surface area contributed by atoms with E-state index in [0.29, 0.717) is 16.5 Å². The molecule has 0 N–H and O–H groups in total. The fourth-order valence-electron chi connectivity index (χ4n) is 3.50. The Morgan fingerprint density at radius 1 is 1.24 bits per heavy atom. The number of fused-ring (bicyclic) bond motifs is 1. The van der Waals surface area contributed by atoms with Crippen LogP contribution in [0.4, 0.5) is 0 Å². The van der Waals surface area contributed by atoms with E-state index < -0.39 is 5.97 Å². The molecule has 0 radical (unpaired) electrons. The molecule has 1 aromatic heterocycles. The van der Waals surface area contributed by atoms with Crippen LogP contribution >= 0.6 is 11.6 Å². The lowest BCUT2D eigenvalue weighted by Crippen LogP contribution is -2.49. The third-order valence-corrected chi connectivity index (χ3v) is 4.91. The molecule has 2 aromatic rings. The van der Waals surface area contributed by atoms with E-state index in [9.17, 15) is 9.59 Å². The number of rotatable bonds is 3. The third kappa shape index (κ3) is 3.76. The molecule has 2 heterocycles. The molecule has 0 saturated carbocycles. The SMILES string of the molecule is C[C@@H]1CCC[C@@H](C)N1C(=O)COC(=O)c1cc(Cl)nc2ccccc12. The van der Waals surface area contributed by atoms with Crippen LogP contribution in [0.3, 0.4) is 0 Å². The predicted octanol–water partition coefficient (Wildman–Crippen LogP) is 3.83. The van der Waals surface area contributed by atoms with Crippen molar-refractivity contribution in [1.29, 1.82) is 0 Å². The van der Waals surface area contributed by atoms with E-state index in [0.717, 1.165) is 19.3 Å². The fraction of sp³-hybridized carbons (Fsp3) is 0.421. The van der Waals surface area contributed by atoms with Crippen molar-refractivity contribution in [2.75, 3.05) is 6.61 Å². The average molecular weight is 361 g/mol. The zero-order valence-corrected chi connectivity index (χ0v) is 15.1. The van der Waals surface area contributed by atoms with Gasteiger partial charge in [0.25, 0.3) is 5.91 Å². The van der Waals surface area contributed by atoms with E-state index in [1.54, 1.807) is 12.1 Å². The number of benzene rings is 1. The van der Waals surface area contributed by atoms with Gasteiger partial charge >= 0.3 is 5.97 Å². The van der Waals surface area contributed by atoms with Crippen molar-refractivity contribution in [2.45, 2.75) is 45.2 Å². The van der Waals surface area contributed by atoms with Gasteiger partial charge in [0.1, 0.15) is 5.15 Å². The molecule has 3 rings (SSSR count). The molecule has 2 atom stereocenters. The lowest BCUT2D eigenvalue weighted by Gasteiger charge is -2.38. The molecule has 1 amide bonds. The van der Waals surface area contributed by atoms with Gasteiger partial charge in [0.05, 0.1) is 11.1 Å². The summed E-state index contributed by atoms with van der Waals surface area (Å²) >= 11 is 6.00. The van der Waals surface area contributed by atoms with Crippen LogP contribution in [0.1, 0.15) is 43.5 Å². The largest absolute Gasteiger partial charge is 0.452 e. The zero-order valence-electron chi connectivity index (χ0n) is 14.4. The Balaban J connectivity index is 1.74. The molecular weight excluding hydrogens is 340 g/mol. The Bertz CT molecular complexity index is 798. The van der Waals surface area contributed by atoms with Gasteiger partial charge in [0.2, 0.25) is 0 Å². The molecule has 1 aliphatic rings. The number of para-hydroxylation sites is 1. The Kier molecular flexibility index (Phi) is 5.23. The van der Waals surface area contributed by atoms with Crippen LogP contribution in [0.5, 0.6) is 0 Å². The van der Waals surface area contributed by atoms with Crippen molar-refractivity contribution in [3.05, 3.63) is 41.0 Å². The van der Waals surface area contributed by atoms with Crippen LogP contribution in [-0.4, -0.2) is 40.5 Å². The smallest absolute Gasteiger partial charge is 0.339 e.